The van der Waals surface area contributed by atoms with Crippen molar-refractivity contribution in [1.29, 1.82) is 0 Å². The molecule has 1 fully saturated rings. The molecule has 3 rings (SSSR count). The molecule has 4 heteroatoms. The average Bonchev–Trinajstić information content (AvgIpc) is 2.72. The number of hydrogen-bond acceptors (Lipinski definition) is 3. The molecule has 0 aromatic heterocycles. The van der Waals surface area contributed by atoms with Gasteiger partial charge in [-0.25, -0.2) is 4.99 Å². The van der Waals surface area contributed by atoms with Gasteiger partial charge in [0.15, 0.2) is 0 Å². The van der Waals surface area contributed by atoms with E-state index in [1.165, 1.54) is 0 Å². The molecule has 2 N–H and O–H groups in total. The predicted octanol–water partition coefficient (Wildman–Crippen LogP) is 2.47. The van der Waals surface area contributed by atoms with Crippen LogP contribution in [0.5, 0.6) is 0 Å². The van der Waals surface area contributed by atoms with Gasteiger partial charge in [-0.3, -0.25) is 0 Å². The van der Waals surface area contributed by atoms with Crippen LogP contribution in [0.25, 0.3) is 0 Å². The largest absolute Gasteiger partial charge is 0.472 e. The van der Waals surface area contributed by atoms with Crippen LogP contribution in [0.2, 0.25) is 0 Å². The molecule has 1 aromatic carbocycles. The van der Waals surface area contributed by atoms with Crippen molar-refractivity contribution in [1.82, 2.24) is 0 Å². The molecule has 0 spiro atoms. The molecule has 0 radical (unpaired) electrons. The second-order valence-electron chi connectivity index (χ2n) is 4.74. The number of nitrogens with two attached hydrogens (primary N) is 1. The number of halogens is 1. The summed E-state index contributed by atoms with van der Waals surface area (Å²) < 4.78 is 6.99. The van der Waals surface area contributed by atoms with Crippen molar-refractivity contribution in [2.75, 3.05) is 0 Å². The fourth-order valence-corrected chi connectivity index (χ4v) is 2.74. The first-order chi connectivity index (χ1) is 8.22. The van der Waals surface area contributed by atoms with E-state index in [9.17, 15) is 0 Å². The summed E-state index contributed by atoms with van der Waals surface area (Å²) in [5, 5.41) is 0. The maximum atomic E-state index is 5.96. The van der Waals surface area contributed by atoms with E-state index in [1.54, 1.807) is 0 Å². The molecule has 1 saturated carbocycles. The van der Waals surface area contributed by atoms with Crippen molar-refractivity contribution in [3.8, 4) is 0 Å². The van der Waals surface area contributed by atoms with Gasteiger partial charge in [-0.1, -0.05) is 15.9 Å². The topological polar surface area (TPSA) is 47.6 Å². The van der Waals surface area contributed by atoms with Crippen LogP contribution >= 0.6 is 15.9 Å². The number of hydrogen-bond donors (Lipinski definition) is 1. The van der Waals surface area contributed by atoms with Gasteiger partial charge in [0.1, 0.15) is 6.10 Å². The number of aliphatic imine (C=N–C) groups is 1. The molecule has 3 unspecified atom stereocenters. The molecule has 3 atom stereocenters. The van der Waals surface area contributed by atoms with E-state index in [0.717, 1.165) is 35.2 Å². The van der Waals surface area contributed by atoms with Crippen molar-refractivity contribution in [2.24, 2.45) is 10.7 Å². The van der Waals surface area contributed by atoms with Crippen molar-refractivity contribution >= 4 is 21.8 Å². The van der Waals surface area contributed by atoms with E-state index in [0.29, 0.717) is 6.04 Å². The van der Waals surface area contributed by atoms with Gasteiger partial charge < -0.3 is 10.5 Å². The fraction of sp³-hybridized carbons (Fsp3) is 0.462. The number of rotatable bonds is 1. The molecule has 1 aliphatic heterocycles. The van der Waals surface area contributed by atoms with Gasteiger partial charge >= 0.3 is 0 Å². The third-order valence-corrected chi connectivity index (χ3v) is 3.96. The first-order valence-electron chi connectivity index (χ1n) is 5.98. The number of fused-ring (bicyclic) bond motifs is 1. The zero-order valence-corrected chi connectivity index (χ0v) is 11.1. The van der Waals surface area contributed by atoms with Crippen LogP contribution in [0.15, 0.2) is 33.7 Å². The molecule has 1 heterocycles. The Morgan fingerprint density at radius 2 is 2.00 bits per heavy atom. The number of benzene rings is 1. The van der Waals surface area contributed by atoms with Gasteiger partial charge in [-0.15, -0.1) is 0 Å². The molecule has 2 aliphatic rings. The average molecular weight is 295 g/mol. The molecule has 17 heavy (non-hydrogen) atoms. The third-order valence-electron chi connectivity index (χ3n) is 3.43. The highest BCUT2D eigenvalue weighted by Crippen LogP contribution is 2.29. The van der Waals surface area contributed by atoms with Crippen LogP contribution < -0.4 is 5.73 Å². The minimum Gasteiger partial charge on any atom is -0.472 e. The summed E-state index contributed by atoms with van der Waals surface area (Å²) in [5.41, 5.74) is 7.01. The molecule has 0 bridgehead atoms. The van der Waals surface area contributed by atoms with Gasteiger partial charge in [0.05, 0.1) is 6.04 Å². The molecule has 3 nitrogen and oxygen atoms in total. The van der Waals surface area contributed by atoms with Gasteiger partial charge in [0, 0.05) is 22.5 Å². The van der Waals surface area contributed by atoms with Crippen LogP contribution in [0.3, 0.4) is 0 Å². The molecule has 0 saturated heterocycles. The van der Waals surface area contributed by atoms with Crippen molar-refractivity contribution in [2.45, 2.75) is 37.5 Å². The second kappa shape index (κ2) is 4.42. The van der Waals surface area contributed by atoms with Gasteiger partial charge in [-0.2, -0.15) is 0 Å². The molecular formula is C13H15BrN2O. The first-order valence-corrected chi connectivity index (χ1v) is 6.77. The van der Waals surface area contributed by atoms with Crippen LogP contribution in [0.4, 0.5) is 0 Å². The lowest BCUT2D eigenvalue weighted by Crippen LogP contribution is -2.37. The molecule has 90 valence electrons. The van der Waals surface area contributed by atoms with Crippen molar-refractivity contribution < 1.29 is 4.74 Å². The third kappa shape index (κ3) is 2.24. The quantitative estimate of drug-likeness (QED) is 0.865. The molecule has 1 aliphatic carbocycles. The normalized spacial score (nSPS) is 31.6. The molecule has 1 aromatic rings. The second-order valence-corrected chi connectivity index (χ2v) is 5.65. The Morgan fingerprint density at radius 1 is 1.24 bits per heavy atom. The minimum absolute atomic E-state index is 0.192. The van der Waals surface area contributed by atoms with E-state index < -0.39 is 0 Å². The van der Waals surface area contributed by atoms with E-state index in [2.05, 4.69) is 20.9 Å². The van der Waals surface area contributed by atoms with E-state index in [4.69, 9.17) is 10.5 Å². The Labute approximate surface area is 109 Å². The zero-order valence-electron chi connectivity index (χ0n) is 9.47. The lowest BCUT2D eigenvalue weighted by molar-refractivity contribution is 0.142. The summed E-state index contributed by atoms with van der Waals surface area (Å²) in [7, 11) is 0. The Kier molecular flexibility index (Phi) is 2.92. The zero-order chi connectivity index (χ0) is 11.8. The summed E-state index contributed by atoms with van der Waals surface area (Å²) in [4.78, 5) is 4.67. The summed E-state index contributed by atoms with van der Waals surface area (Å²) in [5.74, 6) is 0.779. The highest BCUT2D eigenvalue weighted by Gasteiger charge is 2.36. The highest BCUT2D eigenvalue weighted by atomic mass is 79.9. The van der Waals surface area contributed by atoms with E-state index in [1.807, 2.05) is 24.3 Å². The van der Waals surface area contributed by atoms with Crippen LogP contribution in [0.1, 0.15) is 24.8 Å². The lowest BCUT2D eigenvalue weighted by Gasteiger charge is -2.26. The van der Waals surface area contributed by atoms with Gasteiger partial charge in [-0.05, 0) is 37.1 Å². The Hall–Kier alpha value is -0.870. The Bertz CT molecular complexity index is 443. The Morgan fingerprint density at radius 3 is 2.76 bits per heavy atom. The monoisotopic (exact) mass is 294 g/mol. The van der Waals surface area contributed by atoms with Gasteiger partial charge in [0.25, 0.3) is 0 Å². The number of nitrogens with zero attached hydrogens (tertiary/aromatic N) is 1. The molecular weight excluding hydrogens is 280 g/mol. The van der Waals surface area contributed by atoms with Crippen molar-refractivity contribution in [3.05, 3.63) is 34.3 Å². The van der Waals surface area contributed by atoms with Gasteiger partial charge in [0.2, 0.25) is 5.90 Å². The van der Waals surface area contributed by atoms with E-state index >= 15 is 0 Å². The minimum atomic E-state index is 0.192. The first kappa shape index (κ1) is 11.2. The maximum Gasteiger partial charge on any atom is 0.216 e. The maximum absolute atomic E-state index is 5.96. The Balaban J connectivity index is 1.80. The van der Waals surface area contributed by atoms with Crippen LogP contribution in [-0.2, 0) is 4.74 Å². The predicted molar refractivity (Wildman–Crippen MR) is 71.2 cm³/mol. The fourth-order valence-electron chi connectivity index (χ4n) is 2.48. The highest BCUT2D eigenvalue weighted by molar-refractivity contribution is 9.10. The smallest absolute Gasteiger partial charge is 0.216 e. The summed E-state index contributed by atoms with van der Waals surface area (Å²) >= 11 is 3.43. The number of ether oxygens (including phenoxy) is 1. The van der Waals surface area contributed by atoms with E-state index in [-0.39, 0.29) is 12.1 Å². The van der Waals surface area contributed by atoms with Crippen molar-refractivity contribution in [3.63, 3.8) is 0 Å². The SMILES string of the molecule is NC1CCC2N=C(c3ccc(Br)cc3)OC2C1. The van der Waals surface area contributed by atoms with Crippen LogP contribution in [-0.4, -0.2) is 24.1 Å². The molecule has 0 amide bonds. The lowest BCUT2D eigenvalue weighted by atomic mass is 9.90. The summed E-state index contributed by atoms with van der Waals surface area (Å²) in [6.07, 6.45) is 3.22. The summed E-state index contributed by atoms with van der Waals surface area (Å²) in [6, 6.07) is 8.66. The summed E-state index contributed by atoms with van der Waals surface area (Å²) in [6.45, 7) is 0. The van der Waals surface area contributed by atoms with Crippen LogP contribution in [0, 0.1) is 0 Å². The standard InChI is InChI=1S/C13H15BrN2O/c14-9-3-1-8(2-4-9)13-16-11-6-5-10(15)7-12(11)17-13/h1-4,10-12H,5-7,15H2.